The van der Waals surface area contributed by atoms with Crippen LogP contribution in [0.25, 0.3) is 0 Å². The van der Waals surface area contributed by atoms with Gasteiger partial charge in [-0.25, -0.2) is 0 Å². The Morgan fingerprint density at radius 2 is 2.23 bits per heavy atom. The van der Waals surface area contributed by atoms with Crippen LogP contribution in [0.5, 0.6) is 0 Å². The molecule has 1 aliphatic rings. The third kappa shape index (κ3) is 3.86. The lowest BCUT2D eigenvalue weighted by molar-refractivity contribution is -0.00492. The molecule has 0 spiro atoms. The molecular weight excluding hydrogens is 280 g/mol. The quantitative estimate of drug-likeness (QED) is 0.815. The maximum absolute atomic E-state index is 5.46. The first-order valence-electron chi connectivity index (χ1n) is 7.69. The van der Waals surface area contributed by atoms with Gasteiger partial charge in [0.2, 0.25) is 0 Å². The number of hydrogen-bond acceptors (Lipinski definition) is 6. The maximum Gasteiger partial charge on any atom is 0.0967 e. The summed E-state index contributed by atoms with van der Waals surface area (Å²) in [4.78, 5) is 11.0. The van der Waals surface area contributed by atoms with Crippen molar-refractivity contribution in [1.29, 1.82) is 0 Å². The second-order valence-corrected chi connectivity index (χ2v) is 5.77. The Kier molecular flexibility index (Phi) is 4.74. The molecule has 7 nitrogen and oxygen atoms in total. The minimum Gasteiger partial charge on any atom is -0.379 e. The van der Waals surface area contributed by atoms with E-state index in [1.807, 2.05) is 17.8 Å². The van der Waals surface area contributed by atoms with Crippen LogP contribution in [0.4, 0.5) is 0 Å². The van der Waals surface area contributed by atoms with E-state index in [-0.39, 0.29) is 0 Å². The second kappa shape index (κ2) is 6.93. The summed E-state index contributed by atoms with van der Waals surface area (Å²) in [5.74, 6) is 0. The van der Waals surface area contributed by atoms with E-state index in [0.29, 0.717) is 6.04 Å². The molecule has 2 aromatic heterocycles. The Labute approximate surface area is 130 Å². The van der Waals surface area contributed by atoms with Crippen LogP contribution in [0.2, 0.25) is 0 Å². The summed E-state index contributed by atoms with van der Waals surface area (Å²) < 4.78 is 7.34. The van der Waals surface area contributed by atoms with Gasteiger partial charge in [-0.15, -0.1) is 5.10 Å². The Morgan fingerprint density at radius 3 is 3.05 bits per heavy atom. The van der Waals surface area contributed by atoms with E-state index in [1.165, 1.54) is 0 Å². The number of aromatic nitrogens is 5. The first-order valence-corrected chi connectivity index (χ1v) is 7.69. The molecule has 0 aliphatic carbocycles. The molecule has 22 heavy (non-hydrogen) atoms. The highest BCUT2D eigenvalue weighted by atomic mass is 16.5. The van der Waals surface area contributed by atoms with Crippen molar-refractivity contribution in [2.45, 2.75) is 39.4 Å². The molecular formula is C15H22N6O. The lowest BCUT2D eigenvalue weighted by atomic mass is 10.2. The van der Waals surface area contributed by atoms with E-state index in [1.54, 1.807) is 12.4 Å². The highest BCUT2D eigenvalue weighted by molar-refractivity contribution is 5.01. The Balaban J connectivity index is 1.54. The van der Waals surface area contributed by atoms with Crippen molar-refractivity contribution in [3.05, 3.63) is 35.7 Å². The topological polar surface area (TPSA) is 69.0 Å². The Morgan fingerprint density at radius 1 is 1.32 bits per heavy atom. The molecule has 1 fully saturated rings. The van der Waals surface area contributed by atoms with Gasteiger partial charge in [0.05, 0.1) is 30.3 Å². The average molecular weight is 302 g/mol. The molecule has 7 heteroatoms. The van der Waals surface area contributed by atoms with Gasteiger partial charge in [0.15, 0.2) is 0 Å². The molecule has 0 saturated carbocycles. The van der Waals surface area contributed by atoms with E-state index in [0.717, 1.165) is 56.4 Å². The fourth-order valence-corrected chi connectivity index (χ4v) is 2.59. The molecule has 3 heterocycles. The van der Waals surface area contributed by atoms with E-state index in [2.05, 4.69) is 32.1 Å². The Bertz CT molecular complexity index is 614. The largest absolute Gasteiger partial charge is 0.379 e. The SMILES string of the molecule is Cc1cncc(CCn2cc(CN3CCOC[C@H]3C)nn2)n1. The van der Waals surface area contributed by atoms with E-state index in [4.69, 9.17) is 4.74 Å². The van der Waals surface area contributed by atoms with Gasteiger partial charge < -0.3 is 4.74 Å². The van der Waals surface area contributed by atoms with Crippen LogP contribution in [-0.2, 0) is 24.2 Å². The highest BCUT2D eigenvalue weighted by Crippen LogP contribution is 2.10. The van der Waals surface area contributed by atoms with Gasteiger partial charge in [-0.3, -0.25) is 19.5 Å². The predicted molar refractivity (Wildman–Crippen MR) is 81.2 cm³/mol. The molecule has 0 aromatic carbocycles. The molecule has 1 saturated heterocycles. The van der Waals surface area contributed by atoms with Gasteiger partial charge in [0.1, 0.15) is 0 Å². The van der Waals surface area contributed by atoms with Crippen LogP contribution < -0.4 is 0 Å². The second-order valence-electron chi connectivity index (χ2n) is 5.77. The molecule has 3 rings (SSSR count). The molecule has 0 bridgehead atoms. The van der Waals surface area contributed by atoms with Crippen LogP contribution in [-0.4, -0.2) is 55.7 Å². The third-order valence-electron chi connectivity index (χ3n) is 3.86. The normalized spacial score (nSPS) is 19.5. The number of morpholine rings is 1. The van der Waals surface area contributed by atoms with E-state index < -0.39 is 0 Å². The summed E-state index contributed by atoms with van der Waals surface area (Å²) in [5.41, 5.74) is 2.93. The maximum atomic E-state index is 5.46. The van der Waals surface area contributed by atoms with Gasteiger partial charge in [-0.2, -0.15) is 0 Å². The summed E-state index contributed by atoms with van der Waals surface area (Å²) in [7, 11) is 0. The number of nitrogens with zero attached hydrogens (tertiary/aromatic N) is 6. The van der Waals surface area contributed by atoms with Gasteiger partial charge in [0.25, 0.3) is 0 Å². The van der Waals surface area contributed by atoms with Gasteiger partial charge in [0, 0.05) is 50.7 Å². The molecule has 1 aliphatic heterocycles. The predicted octanol–water partition coefficient (Wildman–Crippen LogP) is 0.840. The van der Waals surface area contributed by atoms with Crippen molar-refractivity contribution in [2.24, 2.45) is 0 Å². The van der Waals surface area contributed by atoms with Crippen molar-refractivity contribution in [2.75, 3.05) is 19.8 Å². The van der Waals surface area contributed by atoms with Crippen molar-refractivity contribution < 1.29 is 4.74 Å². The van der Waals surface area contributed by atoms with Gasteiger partial charge in [-0.05, 0) is 13.8 Å². The molecule has 0 N–H and O–H groups in total. The molecule has 2 aromatic rings. The van der Waals surface area contributed by atoms with Crippen molar-refractivity contribution >= 4 is 0 Å². The van der Waals surface area contributed by atoms with Crippen LogP contribution >= 0.6 is 0 Å². The number of aryl methyl sites for hydroxylation is 3. The first-order chi connectivity index (χ1) is 10.7. The average Bonchev–Trinajstić information content (AvgIpc) is 2.95. The van der Waals surface area contributed by atoms with Crippen LogP contribution in [0, 0.1) is 6.92 Å². The van der Waals surface area contributed by atoms with E-state index >= 15 is 0 Å². The van der Waals surface area contributed by atoms with Crippen LogP contribution in [0.3, 0.4) is 0 Å². The fraction of sp³-hybridized carbons (Fsp3) is 0.600. The fourth-order valence-electron chi connectivity index (χ4n) is 2.59. The van der Waals surface area contributed by atoms with Gasteiger partial charge in [-0.1, -0.05) is 5.21 Å². The zero-order valence-corrected chi connectivity index (χ0v) is 13.1. The standard InChI is InChI=1S/C15H22N6O/c1-12-7-16-8-14(17-12)3-4-21-10-15(18-19-21)9-20-5-6-22-11-13(20)2/h7-8,10,13H,3-6,9,11H2,1-2H3/t13-/m1/s1. The van der Waals surface area contributed by atoms with Crippen molar-refractivity contribution in [1.82, 2.24) is 29.9 Å². The summed E-state index contributed by atoms with van der Waals surface area (Å²) in [6, 6.07) is 0.432. The first kappa shape index (κ1) is 15.1. The Hall–Kier alpha value is -1.86. The summed E-state index contributed by atoms with van der Waals surface area (Å²) in [6.07, 6.45) is 6.40. The molecule has 0 radical (unpaired) electrons. The van der Waals surface area contributed by atoms with Crippen LogP contribution in [0.15, 0.2) is 18.6 Å². The summed E-state index contributed by atoms with van der Waals surface area (Å²) in [5, 5.41) is 8.47. The smallest absolute Gasteiger partial charge is 0.0967 e. The van der Waals surface area contributed by atoms with Gasteiger partial charge >= 0.3 is 0 Å². The van der Waals surface area contributed by atoms with Crippen molar-refractivity contribution in [3.63, 3.8) is 0 Å². The molecule has 1 atom stereocenters. The summed E-state index contributed by atoms with van der Waals surface area (Å²) >= 11 is 0. The van der Waals surface area contributed by atoms with Crippen molar-refractivity contribution in [3.8, 4) is 0 Å². The van der Waals surface area contributed by atoms with Crippen LogP contribution in [0.1, 0.15) is 24.0 Å². The summed E-state index contributed by atoms with van der Waals surface area (Å²) in [6.45, 7) is 8.27. The monoisotopic (exact) mass is 302 g/mol. The molecule has 0 amide bonds. The molecule has 0 unspecified atom stereocenters. The zero-order valence-electron chi connectivity index (χ0n) is 13.1. The molecule has 118 valence electrons. The minimum atomic E-state index is 0.432. The zero-order chi connectivity index (χ0) is 15.4. The van der Waals surface area contributed by atoms with E-state index in [9.17, 15) is 0 Å². The minimum absolute atomic E-state index is 0.432. The third-order valence-corrected chi connectivity index (χ3v) is 3.86. The highest BCUT2D eigenvalue weighted by Gasteiger charge is 2.19. The lowest BCUT2D eigenvalue weighted by Crippen LogP contribution is -2.42. The lowest BCUT2D eigenvalue weighted by Gasteiger charge is -2.32. The number of ether oxygens (including phenoxy) is 1. The number of hydrogen-bond donors (Lipinski definition) is 0. The number of rotatable bonds is 5.